The SMILES string of the molecule is COc1cc(CN(C)C(=O)C(C)C(N)c2ccccc2)c(SC)cc1OC.Cl. The molecular formula is C21H29ClN2O3S. The lowest BCUT2D eigenvalue weighted by Gasteiger charge is -2.26. The largest absolute Gasteiger partial charge is 0.493 e. The molecule has 0 radical (unpaired) electrons. The number of nitrogens with two attached hydrogens (primary N) is 1. The van der Waals surface area contributed by atoms with Gasteiger partial charge in [-0.15, -0.1) is 24.2 Å². The Morgan fingerprint density at radius 3 is 2.25 bits per heavy atom. The highest BCUT2D eigenvalue weighted by molar-refractivity contribution is 7.98. The molecule has 0 fully saturated rings. The third-order valence-electron chi connectivity index (χ3n) is 4.68. The molecule has 0 heterocycles. The number of carbonyl (C=O) groups is 1. The summed E-state index contributed by atoms with van der Waals surface area (Å²) in [6.45, 7) is 2.35. The average Bonchev–Trinajstić information content (AvgIpc) is 2.72. The predicted octanol–water partition coefficient (Wildman–Crippen LogP) is 4.14. The summed E-state index contributed by atoms with van der Waals surface area (Å²) in [5.41, 5.74) is 8.29. The van der Waals surface area contributed by atoms with Gasteiger partial charge in [-0.2, -0.15) is 0 Å². The third-order valence-corrected chi connectivity index (χ3v) is 5.50. The highest BCUT2D eigenvalue weighted by Gasteiger charge is 2.25. The molecule has 0 aliphatic carbocycles. The molecule has 2 rings (SSSR count). The molecule has 7 heteroatoms. The first-order valence-electron chi connectivity index (χ1n) is 8.77. The van der Waals surface area contributed by atoms with Crippen LogP contribution in [-0.2, 0) is 11.3 Å². The van der Waals surface area contributed by atoms with Crippen molar-refractivity contribution in [2.75, 3.05) is 27.5 Å². The number of amides is 1. The van der Waals surface area contributed by atoms with Gasteiger partial charge in [0.05, 0.1) is 20.1 Å². The Balaban J connectivity index is 0.00000392. The van der Waals surface area contributed by atoms with Crippen molar-refractivity contribution in [3.8, 4) is 11.5 Å². The summed E-state index contributed by atoms with van der Waals surface area (Å²) < 4.78 is 10.8. The van der Waals surface area contributed by atoms with Crippen LogP contribution >= 0.6 is 24.2 Å². The van der Waals surface area contributed by atoms with Crippen LogP contribution in [0.3, 0.4) is 0 Å². The highest BCUT2D eigenvalue weighted by atomic mass is 35.5. The molecule has 28 heavy (non-hydrogen) atoms. The first kappa shape index (κ1) is 24.1. The zero-order valence-corrected chi connectivity index (χ0v) is 18.6. The lowest BCUT2D eigenvalue weighted by molar-refractivity contribution is -0.134. The standard InChI is InChI=1S/C21H28N2O3S.ClH/c1-14(20(22)15-9-7-6-8-10-15)21(24)23(2)13-16-11-17(25-3)18(26-4)12-19(16)27-5;/h6-12,14,20H,13,22H2,1-5H3;1H. The van der Waals surface area contributed by atoms with E-state index in [1.165, 1.54) is 0 Å². The van der Waals surface area contributed by atoms with Crippen LogP contribution in [0.1, 0.15) is 24.1 Å². The van der Waals surface area contributed by atoms with Crippen molar-refractivity contribution >= 4 is 30.1 Å². The number of nitrogens with zero attached hydrogens (tertiary/aromatic N) is 1. The number of methoxy groups -OCH3 is 2. The van der Waals surface area contributed by atoms with E-state index in [2.05, 4.69) is 0 Å². The maximum Gasteiger partial charge on any atom is 0.227 e. The van der Waals surface area contributed by atoms with Crippen molar-refractivity contribution in [3.63, 3.8) is 0 Å². The minimum atomic E-state index is -0.341. The van der Waals surface area contributed by atoms with Crippen LogP contribution in [0.5, 0.6) is 11.5 Å². The molecule has 0 saturated heterocycles. The number of benzene rings is 2. The zero-order chi connectivity index (χ0) is 20.0. The summed E-state index contributed by atoms with van der Waals surface area (Å²) in [7, 11) is 5.03. The summed E-state index contributed by atoms with van der Waals surface area (Å²) in [6, 6.07) is 13.2. The quantitative estimate of drug-likeness (QED) is 0.645. The van der Waals surface area contributed by atoms with Gasteiger partial charge >= 0.3 is 0 Å². The normalized spacial score (nSPS) is 12.5. The molecule has 2 atom stereocenters. The molecule has 0 aliphatic rings. The van der Waals surface area contributed by atoms with Crippen molar-refractivity contribution in [2.45, 2.75) is 24.4 Å². The van der Waals surface area contributed by atoms with Gasteiger partial charge in [-0.1, -0.05) is 37.3 Å². The molecule has 5 nitrogen and oxygen atoms in total. The molecule has 2 unspecified atom stereocenters. The van der Waals surface area contributed by atoms with Crippen LogP contribution in [0.15, 0.2) is 47.4 Å². The van der Waals surface area contributed by atoms with Crippen LogP contribution in [0.2, 0.25) is 0 Å². The Morgan fingerprint density at radius 2 is 1.71 bits per heavy atom. The van der Waals surface area contributed by atoms with Gasteiger partial charge in [0.25, 0.3) is 0 Å². The molecule has 2 N–H and O–H groups in total. The van der Waals surface area contributed by atoms with E-state index in [4.69, 9.17) is 15.2 Å². The van der Waals surface area contributed by atoms with Crippen molar-refractivity contribution in [1.82, 2.24) is 4.90 Å². The summed E-state index contributed by atoms with van der Waals surface area (Å²) in [5, 5.41) is 0. The lowest BCUT2D eigenvalue weighted by atomic mass is 9.94. The second-order valence-corrected chi connectivity index (χ2v) is 7.29. The van der Waals surface area contributed by atoms with Gasteiger partial charge in [-0.25, -0.2) is 0 Å². The fraction of sp³-hybridized carbons (Fsp3) is 0.381. The van der Waals surface area contributed by atoms with E-state index in [1.54, 1.807) is 37.9 Å². The van der Waals surface area contributed by atoms with Gasteiger partial charge < -0.3 is 20.1 Å². The van der Waals surface area contributed by atoms with Gasteiger partial charge in [-0.3, -0.25) is 4.79 Å². The van der Waals surface area contributed by atoms with E-state index in [0.717, 1.165) is 16.0 Å². The Kier molecular flexibility index (Phi) is 9.65. The monoisotopic (exact) mass is 424 g/mol. The summed E-state index contributed by atoms with van der Waals surface area (Å²) in [4.78, 5) is 15.7. The molecule has 1 amide bonds. The smallest absolute Gasteiger partial charge is 0.227 e. The van der Waals surface area contributed by atoms with Crippen LogP contribution < -0.4 is 15.2 Å². The highest BCUT2D eigenvalue weighted by Crippen LogP contribution is 2.35. The van der Waals surface area contributed by atoms with Gasteiger partial charge in [-0.05, 0) is 29.5 Å². The second kappa shape index (κ2) is 11.2. The van der Waals surface area contributed by atoms with Crippen molar-refractivity contribution in [1.29, 1.82) is 0 Å². The van der Waals surface area contributed by atoms with E-state index in [1.807, 2.05) is 55.6 Å². The maximum absolute atomic E-state index is 12.9. The van der Waals surface area contributed by atoms with Gasteiger partial charge in [0.15, 0.2) is 11.5 Å². The molecule has 0 aromatic heterocycles. The fourth-order valence-corrected chi connectivity index (χ4v) is 3.63. The number of carbonyl (C=O) groups excluding carboxylic acids is 1. The van der Waals surface area contributed by atoms with Gasteiger partial charge in [0.2, 0.25) is 5.91 Å². The molecule has 0 spiro atoms. The van der Waals surface area contributed by atoms with E-state index < -0.39 is 0 Å². The molecule has 0 aliphatic heterocycles. The number of halogens is 1. The van der Waals surface area contributed by atoms with Crippen LogP contribution in [0.25, 0.3) is 0 Å². The van der Waals surface area contributed by atoms with Crippen LogP contribution in [0, 0.1) is 5.92 Å². The predicted molar refractivity (Wildman–Crippen MR) is 118 cm³/mol. The average molecular weight is 425 g/mol. The topological polar surface area (TPSA) is 64.8 Å². The number of ether oxygens (including phenoxy) is 2. The molecule has 2 aromatic rings. The molecule has 0 bridgehead atoms. The minimum absolute atomic E-state index is 0. The first-order valence-corrected chi connectivity index (χ1v) is 9.99. The second-order valence-electron chi connectivity index (χ2n) is 6.44. The van der Waals surface area contributed by atoms with Crippen molar-refractivity contribution in [3.05, 3.63) is 53.6 Å². The number of hydrogen-bond donors (Lipinski definition) is 1. The number of hydrogen-bond acceptors (Lipinski definition) is 5. The number of rotatable bonds is 8. The van der Waals surface area contributed by atoms with Crippen molar-refractivity contribution < 1.29 is 14.3 Å². The Bertz CT molecular complexity index is 774. The molecule has 154 valence electrons. The third kappa shape index (κ3) is 5.56. The van der Waals surface area contributed by atoms with E-state index >= 15 is 0 Å². The number of thioether (sulfide) groups is 1. The zero-order valence-electron chi connectivity index (χ0n) is 17.0. The summed E-state index contributed by atoms with van der Waals surface area (Å²) in [6.07, 6.45) is 2.00. The molecule has 2 aromatic carbocycles. The van der Waals surface area contributed by atoms with Gasteiger partial charge in [0, 0.05) is 24.5 Å². The van der Waals surface area contributed by atoms with E-state index in [9.17, 15) is 4.79 Å². The van der Waals surface area contributed by atoms with Crippen molar-refractivity contribution in [2.24, 2.45) is 11.7 Å². The van der Waals surface area contributed by atoms with E-state index in [-0.39, 0.29) is 30.3 Å². The Labute approximate surface area is 178 Å². The Hall–Kier alpha value is -1.89. The van der Waals surface area contributed by atoms with Crippen LogP contribution in [0.4, 0.5) is 0 Å². The Morgan fingerprint density at radius 1 is 1.14 bits per heavy atom. The van der Waals surface area contributed by atoms with E-state index in [0.29, 0.717) is 18.0 Å². The summed E-state index contributed by atoms with van der Waals surface area (Å²) >= 11 is 1.61. The maximum atomic E-state index is 12.9. The van der Waals surface area contributed by atoms with Crippen LogP contribution in [-0.4, -0.2) is 38.3 Å². The lowest BCUT2D eigenvalue weighted by Crippen LogP contribution is -2.36. The molecule has 0 saturated carbocycles. The van der Waals surface area contributed by atoms with Gasteiger partial charge in [0.1, 0.15) is 0 Å². The fourth-order valence-electron chi connectivity index (χ4n) is 3.01. The first-order chi connectivity index (χ1) is 12.9. The minimum Gasteiger partial charge on any atom is -0.493 e. The summed E-state index contributed by atoms with van der Waals surface area (Å²) in [5.74, 6) is 1.02. The molecular weight excluding hydrogens is 396 g/mol.